The van der Waals surface area contributed by atoms with Crippen LogP contribution in [0.25, 0.3) is 11.1 Å². The van der Waals surface area contributed by atoms with Crippen molar-refractivity contribution in [2.45, 2.75) is 0 Å². The van der Waals surface area contributed by atoms with Gasteiger partial charge in [-0.2, -0.15) is 0 Å². The average molecular weight is 639 g/mol. The van der Waals surface area contributed by atoms with Gasteiger partial charge in [0.05, 0.1) is 0 Å². The predicted octanol–water partition coefficient (Wildman–Crippen LogP) is 6.41. The van der Waals surface area contributed by atoms with E-state index < -0.39 is 15.8 Å². The Morgan fingerprint density at radius 3 is 0.957 bits per heavy atom. The SMILES string of the molecule is c1ccc(P(c2ccccc2)c2ccc3c(c2-c2c(P(c4ccccc4)c4ccccc4)ccc4c2OCCO4)OCCO3)cc1. The summed E-state index contributed by atoms with van der Waals surface area (Å²) in [7, 11) is -1.97. The third-order valence-corrected chi connectivity index (χ3v) is 13.1. The van der Waals surface area contributed by atoms with Crippen LogP contribution in [-0.4, -0.2) is 26.4 Å². The first-order valence-electron chi connectivity index (χ1n) is 15.5. The molecule has 2 aliphatic rings. The molecule has 6 aromatic carbocycles. The molecule has 2 heterocycles. The van der Waals surface area contributed by atoms with Gasteiger partial charge < -0.3 is 18.9 Å². The Bertz CT molecular complexity index is 1730. The summed E-state index contributed by atoms with van der Waals surface area (Å²) >= 11 is 0. The summed E-state index contributed by atoms with van der Waals surface area (Å²) < 4.78 is 25.7. The van der Waals surface area contributed by atoms with Crippen LogP contribution in [0.5, 0.6) is 23.0 Å². The Hall–Kier alpha value is -4.62. The molecule has 6 heteroatoms. The van der Waals surface area contributed by atoms with E-state index in [4.69, 9.17) is 18.9 Å². The fourth-order valence-corrected chi connectivity index (χ4v) is 11.1. The first-order chi connectivity index (χ1) is 22.9. The molecule has 6 aromatic rings. The van der Waals surface area contributed by atoms with E-state index >= 15 is 0 Å². The van der Waals surface area contributed by atoms with Crippen LogP contribution in [-0.2, 0) is 0 Å². The average Bonchev–Trinajstić information content (AvgIpc) is 3.14. The molecule has 0 saturated heterocycles. The van der Waals surface area contributed by atoms with E-state index in [1.807, 2.05) is 0 Å². The molecule has 0 unspecified atom stereocenters. The molecule has 46 heavy (non-hydrogen) atoms. The maximum Gasteiger partial charge on any atom is 0.169 e. The van der Waals surface area contributed by atoms with Crippen LogP contribution in [0.2, 0.25) is 0 Å². The molecule has 226 valence electrons. The second kappa shape index (κ2) is 13.0. The van der Waals surface area contributed by atoms with E-state index in [2.05, 4.69) is 146 Å². The first kappa shape index (κ1) is 28.8. The Balaban J connectivity index is 1.48. The molecule has 4 nitrogen and oxygen atoms in total. The van der Waals surface area contributed by atoms with Crippen molar-refractivity contribution in [2.24, 2.45) is 0 Å². The maximum absolute atomic E-state index is 6.60. The van der Waals surface area contributed by atoms with Crippen molar-refractivity contribution in [3.8, 4) is 34.1 Å². The monoisotopic (exact) mass is 638 g/mol. The minimum absolute atomic E-state index is 0.478. The normalized spacial score (nSPS) is 13.5. The van der Waals surface area contributed by atoms with Crippen molar-refractivity contribution in [2.75, 3.05) is 26.4 Å². The molecule has 0 saturated carbocycles. The zero-order valence-electron chi connectivity index (χ0n) is 25.2. The molecule has 2 aliphatic heterocycles. The van der Waals surface area contributed by atoms with E-state index in [1.54, 1.807) is 0 Å². The molecule has 0 aromatic heterocycles. The number of hydrogen-bond donors (Lipinski definition) is 0. The highest BCUT2D eigenvalue weighted by molar-refractivity contribution is 7.80. The smallest absolute Gasteiger partial charge is 0.169 e. The Morgan fingerprint density at radius 1 is 0.326 bits per heavy atom. The van der Waals surface area contributed by atoms with E-state index in [-0.39, 0.29) is 0 Å². The van der Waals surface area contributed by atoms with Gasteiger partial charge in [0.1, 0.15) is 26.4 Å². The molecular weight excluding hydrogens is 606 g/mol. The lowest BCUT2D eigenvalue weighted by Crippen LogP contribution is -2.29. The molecule has 0 aliphatic carbocycles. The lowest BCUT2D eigenvalue weighted by atomic mass is 10.0. The van der Waals surface area contributed by atoms with Crippen molar-refractivity contribution >= 4 is 47.7 Å². The standard InChI is InChI=1S/C40H32O4P2/c1-5-13-29(14-6-1)45(30-15-7-2-8-16-30)35-23-21-33-39(43-27-25-41-33)37(35)38-36(24-22-34-40(38)44-28-26-42-34)46(31-17-9-3-10-18-31)32-19-11-4-12-20-32/h1-24H,25-28H2. The first-order valence-corrected chi connectivity index (χ1v) is 18.2. The van der Waals surface area contributed by atoms with E-state index in [0.717, 1.165) is 34.1 Å². The van der Waals surface area contributed by atoms with Gasteiger partial charge in [0.15, 0.2) is 23.0 Å². The molecular formula is C40H32O4P2. The van der Waals surface area contributed by atoms with Crippen LogP contribution >= 0.6 is 15.8 Å². The van der Waals surface area contributed by atoms with Crippen LogP contribution in [0.1, 0.15) is 0 Å². The number of benzene rings is 6. The zero-order chi connectivity index (χ0) is 30.7. The summed E-state index contributed by atoms with van der Waals surface area (Å²) in [5, 5.41) is 7.43. The van der Waals surface area contributed by atoms with Crippen molar-refractivity contribution in [1.29, 1.82) is 0 Å². The highest BCUT2D eigenvalue weighted by Gasteiger charge is 2.34. The Labute approximate surface area is 272 Å². The van der Waals surface area contributed by atoms with Gasteiger partial charge >= 0.3 is 0 Å². The van der Waals surface area contributed by atoms with Gasteiger partial charge in [0, 0.05) is 11.1 Å². The van der Waals surface area contributed by atoms with Gasteiger partial charge in [-0.05, 0) is 71.9 Å². The number of rotatable bonds is 7. The quantitative estimate of drug-likeness (QED) is 0.190. The molecule has 0 bridgehead atoms. The molecule has 0 atom stereocenters. The zero-order valence-corrected chi connectivity index (χ0v) is 27.0. The lowest BCUT2D eigenvalue weighted by molar-refractivity contribution is 0.170. The third-order valence-electron chi connectivity index (χ3n) is 8.16. The Kier molecular flexibility index (Phi) is 8.15. The summed E-state index contributed by atoms with van der Waals surface area (Å²) in [5.41, 5.74) is 2.04. The molecule has 0 N–H and O–H groups in total. The lowest BCUT2D eigenvalue weighted by Gasteiger charge is -2.32. The van der Waals surface area contributed by atoms with Gasteiger partial charge in [0.2, 0.25) is 0 Å². The number of hydrogen-bond acceptors (Lipinski definition) is 4. The van der Waals surface area contributed by atoms with Crippen molar-refractivity contribution in [3.63, 3.8) is 0 Å². The Morgan fingerprint density at radius 2 is 0.630 bits per heavy atom. The van der Waals surface area contributed by atoms with Crippen LogP contribution in [0, 0.1) is 0 Å². The summed E-state index contributed by atoms with van der Waals surface area (Å²) in [6.07, 6.45) is 0. The summed E-state index contributed by atoms with van der Waals surface area (Å²) in [4.78, 5) is 0. The topological polar surface area (TPSA) is 36.9 Å². The highest BCUT2D eigenvalue weighted by atomic mass is 31.1. The molecule has 0 amide bonds. The number of ether oxygens (including phenoxy) is 4. The van der Waals surface area contributed by atoms with Gasteiger partial charge in [-0.25, -0.2) is 0 Å². The van der Waals surface area contributed by atoms with Crippen LogP contribution in [0.4, 0.5) is 0 Å². The van der Waals surface area contributed by atoms with E-state index in [1.165, 1.54) is 31.8 Å². The molecule has 8 rings (SSSR count). The van der Waals surface area contributed by atoms with Gasteiger partial charge in [-0.15, -0.1) is 0 Å². The summed E-state index contributed by atoms with van der Waals surface area (Å²) in [6.45, 7) is 1.98. The molecule has 0 spiro atoms. The highest BCUT2D eigenvalue weighted by Crippen LogP contribution is 2.52. The van der Waals surface area contributed by atoms with Crippen LogP contribution in [0.3, 0.4) is 0 Å². The minimum Gasteiger partial charge on any atom is -0.486 e. The second-order valence-electron chi connectivity index (χ2n) is 11.0. The third kappa shape index (κ3) is 5.43. The second-order valence-corrected chi connectivity index (χ2v) is 15.4. The van der Waals surface area contributed by atoms with Crippen LogP contribution in [0.15, 0.2) is 146 Å². The van der Waals surface area contributed by atoms with Crippen molar-refractivity contribution in [1.82, 2.24) is 0 Å². The number of fused-ring (bicyclic) bond motifs is 2. The van der Waals surface area contributed by atoms with Gasteiger partial charge in [-0.1, -0.05) is 121 Å². The van der Waals surface area contributed by atoms with E-state index in [0.29, 0.717) is 26.4 Å². The molecule has 0 fully saturated rings. The predicted molar refractivity (Wildman–Crippen MR) is 191 cm³/mol. The molecule has 0 radical (unpaired) electrons. The largest absolute Gasteiger partial charge is 0.486 e. The van der Waals surface area contributed by atoms with Gasteiger partial charge in [0.25, 0.3) is 0 Å². The summed E-state index contributed by atoms with van der Waals surface area (Å²) in [6, 6.07) is 51.9. The summed E-state index contributed by atoms with van der Waals surface area (Å²) in [5.74, 6) is 3.04. The van der Waals surface area contributed by atoms with E-state index in [9.17, 15) is 0 Å². The van der Waals surface area contributed by atoms with Crippen LogP contribution < -0.4 is 50.8 Å². The van der Waals surface area contributed by atoms with Crippen molar-refractivity contribution in [3.05, 3.63) is 146 Å². The minimum atomic E-state index is -0.984. The maximum atomic E-state index is 6.60. The van der Waals surface area contributed by atoms with Gasteiger partial charge in [-0.3, -0.25) is 0 Å². The fraction of sp³-hybridized carbons (Fsp3) is 0.100. The fourth-order valence-electron chi connectivity index (χ4n) is 6.23. The van der Waals surface area contributed by atoms with Crippen molar-refractivity contribution < 1.29 is 18.9 Å².